The van der Waals surface area contributed by atoms with E-state index in [1.54, 1.807) is 26.2 Å². The molecule has 312 valence electrons. The van der Waals surface area contributed by atoms with Gasteiger partial charge in [-0.15, -0.1) is 0 Å². The summed E-state index contributed by atoms with van der Waals surface area (Å²) in [6.45, 7) is 7.42. The van der Waals surface area contributed by atoms with Gasteiger partial charge in [0.1, 0.15) is 50.3 Å². The van der Waals surface area contributed by atoms with Crippen LogP contribution in [-0.4, -0.2) is 131 Å². The topological polar surface area (TPSA) is 170 Å². The number of benzene rings is 3. The second kappa shape index (κ2) is 25.5. The number of amides is 3. The molecule has 3 amide bonds. The fourth-order valence-corrected chi connectivity index (χ4v) is 5.73. The molecule has 0 fully saturated rings. The number of hydrogen-bond donors (Lipinski definition) is 3. The van der Waals surface area contributed by atoms with E-state index in [0.717, 1.165) is 27.8 Å². The molecule has 15 nitrogen and oxygen atoms in total. The van der Waals surface area contributed by atoms with Gasteiger partial charge in [-0.05, 0) is 67.8 Å². The third-order valence-electron chi connectivity index (χ3n) is 8.63. The Hall–Kier alpha value is -4.77. The molecule has 15 heteroatoms. The average molecular weight is 796 g/mol. The van der Waals surface area contributed by atoms with Crippen LogP contribution < -0.4 is 30.2 Å². The molecule has 1 heterocycles. The fraction of sp³-hybridized carbons (Fsp3) is 0.500. The van der Waals surface area contributed by atoms with Gasteiger partial charge in [0.2, 0.25) is 11.8 Å². The minimum Gasteiger partial charge on any atom is -0.491 e. The third kappa shape index (κ3) is 15.9. The van der Waals surface area contributed by atoms with Crippen LogP contribution in [0.5, 0.6) is 17.2 Å². The minimum absolute atomic E-state index is 0.0328. The van der Waals surface area contributed by atoms with Crippen LogP contribution in [-0.2, 0) is 49.2 Å². The van der Waals surface area contributed by atoms with E-state index < -0.39 is 6.10 Å². The van der Waals surface area contributed by atoms with Gasteiger partial charge in [-0.25, -0.2) is 0 Å². The Balaban J connectivity index is 1.40. The molecule has 3 N–H and O–H groups in total. The van der Waals surface area contributed by atoms with Gasteiger partial charge in [-0.2, -0.15) is 0 Å². The van der Waals surface area contributed by atoms with E-state index in [1.165, 1.54) is 0 Å². The first-order valence-electron chi connectivity index (χ1n) is 19.2. The van der Waals surface area contributed by atoms with Crippen molar-refractivity contribution in [1.82, 2.24) is 16.0 Å². The van der Waals surface area contributed by atoms with Crippen LogP contribution in [0.15, 0.2) is 54.6 Å². The first-order chi connectivity index (χ1) is 27.8. The molecule has 0 aliphatic carbocycles. The van der Waals surface area contributed by atoms with Crippen molar-refractivity contribution >= 4 is 17.7 Å². The van der Waals surface area contributed by atoms with Gasteiger partial charge >= 0.3 is 0 Å². The van der Waals surface area contributed by atoms with E-state index >= 15 is 0 Å². The highest BCUT2D eigenvalue weighted by Gasteiger charge is 2.24. The Morgan fingerprint density at radius 2 is 1.33 bits per heavy atom. The number of hydrogen-bond acceptors (Lipinski definition) is 12. The van der Waals surface area contributed by atoms with Crippen molar-refractivity contribution in [3.8, 4) is 28.4 Å². The molecular weight excluding hydrogens is 738 g/mol. The lowest BCUT2D eigenvalue weighted by Crippen LogP contribution is -2.31. The third-order valence-corrected chi connectivity index (χ3v) is 8.63. The van der Waals surface area contributed by atoms with E-state index in [-0.39, 0.29) is 77.2 Å². The van der Waals surface area contributed by atoms with Crippen molar-refractivity contribution in [2.75, 3.05) is 113 Å². The van der Waals surface area contributed by atoms with Crippen molar-refractivity contribution in [2.45, 2.75) is 26.4 Å². The van der Waals surface area contributed by atoms with Gasteiger partial charge in [0.05, 0.1) is 59.5 Å². The van der Waals surface area contributed by atoms with Gasteiger partial charge in [0.15, 0.2) is 6.10 Å². The molecule has 0 saturated heterocycles. The lowest BCUT2D eigenvalue weighted by atomic mass is 9.98. The van der Waals surface area contributed by atoms with Crippen LogP contribution in [0.2, 0.25) is 0 Å². The van der Waals surface area contributed by atoms with Gasteiger partial charge in [0.25, 0.3) is 5.91 Å². The molecule has 4 rings (SSSR count). The Morgan fingerprint density at radius 1 is 0.719 bits per heavy atom. The molecule has 1 atom stereocenters. The van der Waals surface area contributed by atoms with Gasteiger partial charge in [0, 0.05) is 31.8 Å². The fourth-order valence-electron chi connectivity index (χ4n) is 5.73. The summed E-state index contributed by atoms with van der Waals surface area (Å²) in [4.78, 5) is 37.2. The van der Waals surface area contributed by atoms with Crippen LogP contribution in [0.25, 0.3) is 11.1 Å². The highest BCUT2D eigenvalue weighted by Crippen LogP contribution is 2.38. The molecule has 0 saturated carbocycles. The molecule has 3 aromatic carbocycles. The zero-order valence-electron chi connectivity index (χ0n) is 33.5. The number of ether oxygens (including phenoxy) is 9. The number of aryl methyl sites for hydroxylation is 2. The molecule has 0 bridgehead atoms. The summed E-state index contributed by atoms with van der Waals surface area (Å²) >= 11 is 0. The molecule has 1 unspecified atom stereocenters. The van der Waals surface area contributed by atoms with E-state index in [0.29, 0.717) is 68.8 Å². The highest BCUT2D eigenvalue weighted by atomic mass is 16.6. The quantitative estimate of drug-likeness (QED) is 0.257. The summed E-state index contributed by atoms with van der Waals surface area (Å²) in [5.41, 5.74) is 5.34. The number of fused-ring (bicyclic) bond motifs is 4. The van der Waals surface area contributed by atoms with E-state index in [9.17, 15) is 14.4 Å². The summed E-state index contributed by atoms with van der Waals surface area (Å²) < 4.78 is 52.3. The predicted octanol–water partition coefficient (Wildman–Crippen LogP) is 3.11. The van der Waals surface area contributed by atoms with E-state index in [2.05, 4.69) is 28.1 Å². The summed E-state index contributed by atoms with van der Waals surface area (Å²) in [7, 11) is 3.08. The summed E-state index contributed by atoms with van der Waals surface area (Å²) in [6, 6.07) is 17.4. The number of carbonyl (C=O) groups excluding carboxylic acids is 3. The number of nitrogens with one attached hydrogen (secondary N) is 3. The maximum atomic E-state index is 13.2. The van der Waals surface area contributed by atoms with Crippen LogP contribution in [0.4, 0.5) is 0 Å². The van der Waals surface area contributed by atoms with E-state index in [1.807, 2.05) is 44.2 Å². The summed E-state index contributed by atoms with van der Waals surface area (Å²) in [5, 5.41) is 8.07. The first kappa shape index (κ1) is 44.9. The standard InChI is InChI=1S/C42H57N3O12/c1-30-5-9-37-35(25-30)36-26-31(2)6-10-38(36)56-23-20-53-29-40(47)45-12-11-32-7-8-33(54-21-17-51-15-16-52-28-39(46)43-3)27-34(32)41(42(48)44-4)57-24-19-50-14-13-49-18-22-55-37/h5-10,25-27,41H,11-24,28-29H2,1-4H3,(H,43,46)(H,44,48)(H,45,47). The molecule has 1 aliphatic rings. The molecule has 0 radical (unpaired) electrons. The number of carbonyl (C=O) groups is 3. The Kier molecular flexibility index (Phi) is 20.1. The highest BCUT2D eigenvalue weighted by molar-refractivity contribution is 5.82. The predicted molar refractivity (Wildman–Crippen MR) is 212 cm³/mol. The van der Waals surface area contributed by atoms with Crippen LogP contribution >= 0.6 is 0 Å². The minimum atomic E-state index is -0.974. The number of rotatable bonds is 10. The second-order valence-corrected chi connectivity index (χ2v) is 13.0. The zero-order valence-corrected chi connectivity index (χ0v) is 33.5. The lowest BCUT2D eigenvalue weighted by molar-refractivity contribution is -0.134. The van der Waals surface area contributed by atoms with E-state index in [4.69, 9.17) is 42.6 Å². The maximum Gasteiger partial charge on any atom is 0.253 e. The first-order valence-corrected chi connectivity index (χ1v) is 19.2. The Morgan fingerprint density at radius 3 is 2.00 bits per heavy atom. The second-order valence-electron chi connectivity index (χ2n) is 13.0. The van der Waals surface area contributed by atoms with Crippen molar-refractivity contribution in [3.05, 3.63) is 76.9 Å². The molecule has 3 aromatic rings. The summed E-state index contributed by atoms with van der Waals surface area (Å²) in [5.74, 6) is 1.06. The van der Waals surface area contributed by atoms with Crippen LogP contribution in [0, 0.1) is 13.8 Å². The number of likely N-dealkylation sites (N-methyl/N-ethyl adjacent to an activating group) is 2. The molecular formula is C42H57N3O12. The Labute approximate surface area is 334 Å². The monoisotopic (exact) mass is 795 g/mol. The summed E-state index contributed by atoms with van der Waals surface area (Å²) in [6.07, 6.45) is -0.563. The van der Waals surface area contributed by atoms with Crippen LogP contribution in [0.1, 0.15) is 28.4 Å². The maximum absolute atomic E-state index is 13.2. The molecule has 0 spiro atoms. The van der Waals surface area contributed by atoms with Gasteiger partial charge in [-0.3, -0.25) is 14.4 Å². The molecule has 1 aliphatic heterocycles. The zero-order chi connectivity index (χ0) is 40.7. The van der Waals surface area contributed by atoms with Crippen LogP contribution in [0.3, 0.4) is 0 Å². The Bertz CT molecular complexity index is 1700. The molecule has 0 aromatic heterocycles. The normalized spacial score (nSPS) is 16.6. The lowest BCUT2D eigenvalue weighted by Gasteiger charge is -2.21. The van der Waals surface area contributed by atoms with Crippen molar-refractivity contribution in [1.29, 1.82) is 0 Å². The average Bonchev–Trinajstić information content (AvgIpc) is 3.21. The molecule has 57 heavy (non-hydrogen) atoms. The van der Waals surface area contributed by atoms with Gasteiger partial charge in [-0.1, -0.05) is 29.3 Å². The van der Waals surface area contributed by atoms with Crippen molar-refractivity contribution < 1.29 is 57.0 Å². The van der Waals surface area contributed by atoms with Crippen molar-refractivity contribution in [3.63, 3.8) is 0 Å². The largest absolute Gasteiger partial charge is 0.491 e. The van der Waals surface area contributed by atoms with Crippen molar-refractivity contribution in [2.24, 2.45) is 0 Å². The van der Waals surface area contributed by atoms with Gasteiger partial charge < -0.3 is 58.6 Å². The smallest absolute Gasteiger partial charge is 0.253 e. The SMILES string of the molecule is CNC(=O)COCCOCCOc1ccc2c(c1)C(C(=O)NC)OCCOCCOCCOc1ccc(C)cc1-c1cc(C)ccc1OCCOCC(=O)NCC2.